The van der Waals surface area contributed by atoms with Crippen LogP contribution in [-0.2, 0) is 14.3 Å². The van der Waals surface area contributed by atoms with Gasteiger partial charge in [-0.25, -0.2) is 4.79 Å². The molecular formula is C13H8BrCl2N3O3S. The average Bonchev–Trinajstić information content (AvgIpc) is 2.84. The lowest BCUT2D eigenvalue weighted by atomic mass is 10.2. The predicted molar refractivity (Wildman–Crippen MR) is 95.0 cm³/mol. The fourth-order valence-electron chi connectivity index (χ4n) is 1.42. The Labute approximate surface area is 154 Å². The number of amidine groups is 1. The third-order valence-corrected chi connectivity index (χ3v) is 4.91. The number of nitrogens with zero attached hydrogens (tertiary/aromatic N) is 2. The van der Waals surface area contributed by atoms with Gasteiger partial charge in [0, 0.05) is 16.1 Å². The normalized spacial score (nSPS) is 18.0. The molecule has 1 heterocycles. The molecule has 1 aliphatic rings. The molecule has 2 rings (SSSR count). The van der Waals surface area contributed by atoms with Crippen molar-refractivity contribution in [2.45, 2.75) is 0 Å². The second-order valence-corrected chi connectivity index (χ2v) is 6.72. The number of methoxy groups -OCH3 is 1. The zero-order valence-electron chi connectivity index (χ0n) is 11.5. The van der Waals surface area contributed by atoms with Crippen LogP contribution in [-0.4, -0.2) is 30.4 Å². The Balaban J connectivity index is 2.13. The van der Waals surface area contributed by atoms with E-state index in [2.05, 4.69) is 36.2 Å². The number of amides is 1. The number of hydrogen-bond donors (Lipinski definition) is 1. The summed E-state index contributed by atoms with van der Waals surface area (Å²) in [6.45, 7) is 0. The molecule has 1 N–H and O–H groups in total. The van der Waals surface area contributed by atoms with E-state index in [4.69, 9.17) is 23.2 Å². The molecule has 0 unspecified atom stereocenters. The highest BCUT2D eigenvalue weighted by Gasteiger charge is 2.24. The third kappa shape index (κ3) is 4.81. The number of benzene rings is 1. The topological polar surface area (TPSA) is 80.1 Å². The molecule has 0 saturated carbocycles. The summed E-state index contributed by atoms with van der Waals surface area (Å²) in [5, 5.41) is 11.3. The monoisotopic (exact) mass is 435 g/mol. The van der Waals surface area contributed by atoms with Crippen LogP contribution in [0.3, 0.4) is 0 Å². The summed E-state index contributed by atoms with van der Waals surface area (Å²) in [5.41, 5.74) is 0.573. The minimum atomic E-state index is -0.622. The van der Waals surface area contributed by atoms with Crippen molar-refractivity contribution < 1.29 is 14.3 Å². The molecule has 0 atom stereocenters. The van der Waals surface area contributed by atoms with E-state index in [-0.39, 0.29) is 10.1 Å². The summed E-state index contributed by atoms with van der Waals surface area (Å²) in [7, 11) is 1.23. The molecule has 0 aromatic heterocycles. The number of ether oxygens (including phenoxy) is 1. The summed E-state index contributed by atoms with van der Waals surface area (Å²) >= 11 is 16.3. The number of hydrogen-bond acceptors (Lipinski definition) is 6. The first-order chi connectivity index (χ1) is 10.9. The van der Waals surface area contributed by atoms with Crippen LogP contribution in [0.1, 0.15) is 5.56 Å². The van der Waals surface area contributed by atoms with Gasteiger partial charge in [0.25, 0.3) is 5.91 Å². The molecule has 1 saturated heterocycles. The van der Waals surface area contributed by atoms with Gasteiger partial charge in [-0.05, 0) is 39.8 Å². The lowest BCUT2D eigenvalue weighted by molar-refractivity contribution is -0.135. The van der Waals surface area contributed by atoms with Gasteiger partial charge in [-0.2, -0.15) is 5.10 Å². The van der Waals surface area contributed by atoms with Crippen molar-refractivity contribution in [2.24, 2.45) is 10.2 Å². The summed E-state index contributed by atoms with van der Waals surface area (Å²) in [5.74, 6) is -1.07. The molecule has 0 radical (unpaired) electrons. The molecule has 6 nitrogen and oxygen atoms in total. The Kier molecular flexibility index (Phi) is 6.23. The SMILES string of the molecule is COC(=O)/C=C1/S/C(=N\N=Cc2cc(Cl)c(Br)cc2Cl)NC1=O. The Hall–Kier alpha value is -1.35. The number of carbonyl (C=O) groups excluding carboxylic acids is 2. The number of esters is 1. The Bertz CT molecular complexity index is 765. The zero-order chi connectivity index (χ0) is 17.0. The Morgan fingerprint density at radius 1 is 1.39 bits per heavy atom. The maximum absolute atomic E-state index is 11.6. The highest BCUT2D eigenvalue weighted by atomic mass is 79.9. The van der Waals surface area contributed by atoms with Crippen molar-refractivity contribution in [3.63, 3.8) is 0 Å². The number of thioether (sulfide) groups is 1. The summed E-state index contributed by atoms with van der Waals surface area (Å²) < 4.78 is 5.13. The van der Waals surface area contributed by atoms with E-state index in [0.717, 1.165) is 17.8 Å². The molecule has 0 spiro atoms. The molecular weight excluding hydrogens is 429 g/mol. The van der Waals surface area contributed by atoms with Crippen LogP contribution in [0.15, 0.2) is 37.8 Å². The van der Waals surface area contributed by atoms with Gasteiger partial charge in [-0.3, -0.25) is 10.1 Å². The molecule has 10 heteroatoms. The maximum Gasteiger partial charge on any atom is 0.331 e. The minimum absolute atomic E-state index is 0.176. The van der Waals surface area contributed by atoms with Crippen LogP contribution in [0.25, 0.3) is 0 Å². The third-order valence-electron chi connectivity index (χ3n) is 2.49. The number of nitrogens with one attached hydrogen (secondary N) is 1. The molecule has 1 aliphatic heterocycles. The zero-order valence-corrected chi connectivity index (χ0v) is 15.4. The van der Waals surface area contributed by atoms with Crippen molar-refractivity contribution in [1.82, 2.24) is 5.32 Å². The molecule has 1 fully saturated rings. The second-order valence-electron chi connectivity index (χ2n) is 4.03. The minimum Gasteiger partial charge on any atom is -0.466 e. The lowest BCUT2D eigenvalue weighted by Crippen LogP contribution is -2.19. The van der Waals surface area contributed by atoms with Gasteiger partial charge in [0.2, 0.25) is 0 Å². The average molecular weight is 437 g/mol. The second kappa shape index (κ2) is 7.96. The molecule has 0 bridgehead atoms. The first kappa shape index (κ1) is 18.0. The lowest BCUT2D eigenvalue weighted by Gasteiger charge is -2.00. The van der Waals surface area contributed by atoms with E-state index >= 15 is 0 Å². The van der Waals surface area contributed by atoms with Crippen LogP contribution < -0.4 is 5.32 Å². The van der Waals surface area contributed by atoms with Crippen molar-refractivity contribution in [2.75, 3.05) is 7.11 Å². The van der Waals surface area contributed by atoms with Crippen LogP contribution >= 0.6 is 50.9 Å². The van der Waals surface area contributed by atoms with Gasteiger partial charge in [0.1, 0.15) is 0 Å². The van der Waals surface area contributed by atoms with Gasteiger partial charge < -0.3 is 4.74 Å². The number of carbonyl (C=O) groups is 2. The van der Waals surface area contributed by atoms with Gasteiger partial charge in [-0.1, -0.05) is 23.2 Å². The summed E-state index contributed by atoms with van der Waals surface area (Å²) in [6, 6.07) is 3.27. The summed E-state index contributed by atoms with van der Waals surface area (Å²) in [4.78, 5) is 22.9. The Morgan fingerprint density at radius 2 is 2.13 bits per heavy atom. The first-order valence-corrected chi connectivity index (χ1v) is 8.31. The van der Waals surface area contributed by atoms with Crippen LogP contribution in [0.2, 0.25) is 10.0 Å². The molecule has 0 aliphatic carbocycles. The highest BCUT2D eigenvalue weighted by molar-refractivity contribution is 9.10. The van der Waals surface area contributed by atoms with E-state index in [1.807, 2.05) is 0 Å². The van der Waals surface area contributed by atoms with Crippen molar-refractivity contribution >= 4 is 74.2 Å². The fourth-order valence-corrected chi connectivity index (χ4v) is 3.02. The fraction of sp³-hybridized carbons (Fsp3) is 0.0769. The number of halogens is 3. The largest absolute Gasteiger partial charge is 0.466 e. The first-order valence-electron chi connectivity index (χ1n) is 5.95. The van der Waals surface area contributed by atoms with Crippen molar-refractivity contribution in [3.05, 3.63) is 43.2 Å². The van der Waals surface area contributed by atoms with E-state index in [0.29, 0.717) is 20.1 Å². The Morgan fingerprint density at radius 3 is 2.83 bits per heavy atom. The summed E-state index contributed by atoms with van der Waals surface area (Å²) in [6.07, 6.45) is 2.49. The van der Waals surface area contributed by atoms with Crippen molar-refractivity contribution in [3.8, 4) is 0 Å². The van der Waals surface area contributed by atoms with Gasteiger partial charge in [-0.15, -0.1) is 5.10 Å². The molecule has 23 heavy (non-hydrogen) atoms. The smallest absolute Gasteiger partial charge is 0.331 e. The molecule has 1 aromatic rings. The number of rotatable bonds is 3. The molecule has 120 valence electrons. The van der Waals surface area contributed by atoms with Crippen LogP contribution in [0.4, 0.5) is 0 Å². The molecule has 1 amide bonds. The van der Waals surface area contributed by atoms with E-state index in [1.165, 1.54) is 13.3 Å². The van der Waals surface area contributed by atoms with Gasteiger partial charge >= 0.3 is 5.97 Å². The van der Waals surface area contributed by atoms with Crippen LogP contribution in [0, 0.1) is 0 Å². The quantitative estimate of drug-likeness (QED) is 0.259. The van der Waals surface area contributed by atoms with E-state index < -0.39 is 11.9 Å². The maximum atomic E-state index is 11.6. The van der Waals surface area contributed by atoms with Crippen LogP contribution in [0.5, 0.6) is 0 Å². The predicted octanol–water partition coefficient (Wildman–Crippen LogP) is 3.37. The van der Waals surface area contributed by atoms with E-state index in [9.17, 15) is 9.59 Å². The van der Waals surface area contributed by atoms with Gasteiger partial charge in [0.15, 0.2) is 5.17 Å². The standard InChI is InChI=1S/C13H8BrCl2N3O3S/c1-22-11(20)4-10-12(21)18-13(23-10)19-17-5-6-2-9(16)7(14)3-8(6)15/h2-5H,1H3,(H,18,19,21)/b10-4+,17-5?. The highest BCUT2D eigenvalue weighted by Crippen LogP contribution is 2.28. The van der Waals surface area contributed by atoms with Crippen molar-refractivity contribution in [1.29, 1.82) is 0 Å². The van der Waals surface area contributed by atoms with Gasteiger partial charge in [0.05, 0.1) is 28.3 Å². The van der Waals surface area contributed by atoms with E-state index in [1.54, 1.807) is 12.1 Å². The molecule has 1 aromatic carbocycles.